The van der Waals surface area contributed by atoms with E-state index in [1.165, 1.54) is 94.8 Å². The molecule has 1 aliphatic heterocycles. The number of carbonyl (C=O) groups excluding carboxylic acids is 4. The lowest BCUT2D eigenvalue weighted by Gasteiger charge is -2.23. The Morgan fingerprint density at radius 2 is 0.982 bits per heavy atom. The van der Waals surface area contributed by atoms with Gasteiger partial charge in [0.1, 0.15) is 6.10 Å². The van der Waals surface area contributed by atoms with Crippen LogP contribution in [0.2, 0.25) is 0 Å². The van der Waals surface area contributed by atoms with Crippen molar-refractivity contribution in [1.82, 2.24) is 15.1 Å². The van der Waals surface area contributed by atoms with Gasteiger partial charge in [-0.1, -0.05) is 156 Å². The number of imide groups is 1. The molecule has 1 heterocycles. The van der Waals surface area contributed by atoms with E-state index in [9.17, 15) is 19.2 Å². The average molecular weight is 792 g/mol. The second-order valence-corrected chi connectivity index (χ2v) is 16.6. The molecule has 0 aromatic heterocycles. The molecule has 1 N–H and O–H groups in total. The van der Waals surface area contributed by atoms with E-state index in [4.69, 9.17) is 9.47 Å². The van der Waals surface area contributed by atoms with Gasteiger partial charge in [-0.05, 0) is 83.8 Å². The summed E-state index contributed by atoms with van der Waals surface area (Å²) in [5.74, 6) is -0.198. The predicted octanol–water partition coefficient (Wildman–Crippen LogP) is 12.2. The van der Waals surface area contributed by atoms with Crippen LogP contribution in [0.25, 0.3) is 0 Å². The van der Waals surface area contributed by atoms with Crippen molar-refractivity contribution in [3.63, 3.8) is 0 Å². The van der Waals surface area contributed by atoms with Gasteiger partial charge in [0.2, 0.25) is 5.91 Å². The molecule has 0 aromatic carbocycles. The normalized spacial score (nSPS) is 13.5. The maximum atomic E-state index is 12.8. The molecule has 0 saturated carbocycles. The smallest absolute Gasteiger partial charge is 0.324 e. The number of nitrogens with one attached hydrogen (secondary N) is 1. The summed E-state index contributed by atoms with van der Waals surface area (Å²) in [6, 6.07) is -0.275. The highest BCUT2D eigenvalue weighted by molar-refractivity contribution is 6.01. The molecular formula is C47H89N3O6. The third-order valence-electron chi connectivity index (χ3n) is 11.3. The molecular weight excluding hydrogens is 703 g/mol. The summed E-state index contributed by atoms with van der Waals surface area (Å²) in [5, 5.41) is 2.62. The first kappa shape index (κ1) is 51.9. The van der Waals surface area contributed by atoms with E-state index in [0.717, 1.165) is 129 Å². The molecule has 1 fully saturated rings. The van der Waals surface area contributed by atoms with Crippen molar-refractivity contribution in [3.05, 3.63) is 0 Å². The van der Waals surface area contributed by atoms with E-state index in [1.807, 2.05) is 0 Å². The van der Waals surface area contributed by atoms with Crippen molar-refractivity contribution in [2.75, 3.05) is 39.3 Å². The Morgan fingerprint density at radius 1 is 0.554 bits per heavy atom. The van der Waals surface area contributed by atoms with Crippen LogP contribution >= 0.6 is 0 Å². The summed E-state index contributed by atoms with van der Waals surface area (Å²) in [6.07, 6.45) is 36.9. The summed E-state index contributed by atoms with van der Waals surface area (Å²) in [6.45, 7) is 10.7. The monoisotopic (exact) mass is 792 g/mol. The number of hydrogen-bond acceptors (Lipinski definition) is 7. The number of rotatable bonds is 42. The van der Waals surface area contributed by atoms with Crippen LogP contribution < -0.4 is 5.32 Å². The third-order valence-corrected chi connectivity index (χ3v) is 11.3. The van der Waals surface area contributed by atoms with Crippen molar-refractivity contribution in [1.29, 1.82) is 0 Å². The number of esters is 2. The van der Waals surface area contributed by atoms with Crippen LogP contribution in [-0.4, -0.2) is 79.1 Å². The molecule has 1 aliphatic rings. The summed E-state index contributed by atoms with van der Waals surface area (Å²) in [7, 11) is 0. The van der Waals surface area contributed by atoms with Gasteiger partial charge in [-0.2, -0.15) is 0 Å². The fourth-order valence-electron chi connectivity index (χ4n) is 7.69. The minimum absolute atomic E-state index is 0.00961. The highest BCUT2D eigenvalue weighted by Gasteiger charge is 2.27. The minimum Gasteiger partial charge on any atom is -0.466 e. The molecule has 1 saturated heterocycles. The summed E-state index contributed by atoms with van der Waals surface area (Å²) in [5.41, 5.74) is 0. The summed E-state index contributed by atoms with van der Waals surface area (Å²) in [4.78, 5) is 52.7. The summed E-state index contributed by atoms with van der Waals surface area (Å²) >= 11 is 0. The number of carbonyl (C=O) groups is 4. The first-order valence-corrected chi connectivity index (χ1v) is 24.1. The maximum absolute atomic E-state index is 12.8. The first-order valence-electron chi connectivity index (χ1n) is 24.1. The standard InChI is InChI=1S/C47H89N3O6/c1-4-7-10-13-15-24-31-41-55-45(52)35-27-20-16-22-29-37-49(39-32-40-50-44(51)42-48-47(50)54)38-30-23-17-21-28-36-46(53)56-43(33-25-18-12-9-6-3)34-26-19-14-11-8-5-2/h43H,4-42H2,1-3H3,(H,48,54). The fraction of sp³-hybridized carbons (Fsp3) is 0.915. The second-order valence-electron chi connectivity index (χ2n) is 16.6. The summed E-state index contributed by atoms with van der Waals surface area (Å²) < 4.78 is 11.5. The molecule has 9 heteroatoms. The molecule has 1 atom stereocenters. The Morgan fingerprint density at radius 3 is 1.48 bits per heavy atom. The Kier molecular flexibility index (Phi) is 35.5. The van der Waals surface area contributed by atoms with Crippen LogP contribution in [0, 0.1) is 0 Å². The molecule has 3 amide bonds. The van der Waals surface area contributed by atoms with E-state index in [2.05, 4.69) is 31.0 Å². The zero-order valence-corrected chi connectivity index (χ0v) is 37.0. The molecule has 9 nitrogen and oxygen atoms in total. The zero-order chi connectivity index (χ0) is 40.7. The second kappa shape index (κ2) is 38.4. The number of unbranched alkanes of at least 4 members (excludes halogenated alkanes) is 23. The predicted molar refractivity (Wildman–Crippen MR) is 232 cm³/mol. The minimum atomic E-state index is -0.275. The number of hydrogen-bond donors (Lipinski definition) is 1. The van der Waals surface area contributed by atoms with Crippen molar-refractivity contribution >= 4 is 23.9 Å². The molecule has 0 radical (unpaired) electrons. The Balaban J connectivity index is 2.30. The van der Waals surface area contributed by atoms with Crippen molar-refractivity contribution in [2.45, 2.75) is 239 Å². The number of urea groups is 1. The third kappa shape index (κ3) is 30.9. The lowest BCUT2D eigenvalue weighted by Crippen LogP contribution is -2.35. The lowest BCUT2D eigenvalue weighted by molar-refractivity contribution is -0.150. The van der Waals surface area contributed by atoms with E-state index in [1.54, 1.807) is 0 Å². The van der Waals surface area contributed by atoms with Gasteiger partial charge in [0, 0.05) is 19.4 Å². The fourth-order valence-corrected chi connectivity index (χ4v) is 7.69. The number of nitrogens with zero attached hydrogens (tertiary/aromatic N) is 2. The van der Waals surface area contributed by atoms with Crippen LogP contribution in [0.5, 0.6) is 0 Å². The average Bonchev–Trinajstić information content (AvgIpc) is 3.51. The SMILES string of the molecule is CCCCCCCCCOC(=O)CCCCCCCN(CCCCCCCC(=O)OC(CCCCCCC)CCCCCCCC)CCCN1C(=O)CNC1=O. The molecule has 1 unspecified atom stereocenters. The van der Waals surface area contributed by atoms with Gasteiger partial charge in [-0.25, -0.2) is 4.79 Å². The van der Waals surface area contributed by atoms with E-state index < -0.39 is 0 Å². The largest absolute Gasteiger partial charge is 0.466 e. The zero-order valence-electron chi connectivity index (χ0n) is 37.0. The van der Waals surface area contributed by atoms with Crippen LogP contribution in [0.1, 0.15) is 233 Å². The number of amides is 3. The van der Waals surface area contributed by atoms with Gasteiger partial charge in [0.25, 0.3) is 0 Å². The van der Waals surface area contributed by atoms with Gasteiger partial charge in [0.15, 0.2) is 0 Å². The van der Waals surface area contributed by atoms with Gasteiger partial charge < -0.3 is 19.7 Å². The maximum Gasteiger partial charge on any atom is 0.324 e. The number of ether oxygens (including phenoxy) is 2. The molecule has 0 spiro atoms. The van der Waals surface area contributed by atoms with Gasteiger partial charge in [-0.3, -0.25) is 19.3 Å². The van der Waals surface area contributed by atoms with Crippen molar-refractivity contribution in [2.24, 2.45) is 0 Å². The van der Waals surface area contributed by atoms with Crippen LogP contribution in [0.15, 0.2) is 0 Å². The van der Waals surface area contributed by atoms with Gasteiger partial charge >= 0.3 is 18.0 Å². The van der Waals surface area contributed by atoms with E-state index >= 15 is 0 Å². The quantitative estimate of drug-likeness (QED) is 0.0373. The highest BCUT2D eigenvalue weighted by Crippen LogP contribution is 2.18. The van der Waals surface area contributed by atoms with Crippen LogP contribution in [0.3, 0.4) is 0 Å². The molecule has 0 aromatic rings. The highest BCUT2D eigenvalue weighted by atomic mass is 16.5. The first-order chi connectivity index (χ1) is 27.4. The molecule has 0 bridgehead atoms. The van der Waals surface area contributed by atoms with Gasteiger partial charge in [0.05, 0.1) is 13.2 Å². The van der Waals surface area contributed by atoms with Crippen molar-refractivity contribution in [3.8, 4) is 0 Å². The van der Waals surface area contributed by atoms with Crippen LogP contribution in [-0.2, 0) is 23.9 Å². The molecule has 1 rings (SSSR count). The topological polar surface area (TPSA) is 105 Å². The Hall–Kier alpha value is -2.16. The van der Waals surface area contributed by atoms with Crippen molar-refractivity contribution < 1.29 is 28.7 Å². The molecule has 0 aliphatic carbocycles. The molecule has 56 heavy (non-hydrogen) atoms. The lowest BCUT2D eigenvalue weighted by atomic mass is 10.0. The Bertz CT molecular complexity index is 946. The van der Waals surface area contributed by atoms with E-state index in [0.29, 0.717) is 26.0 Å². The molecule has 328 valence electrons. The van der Waals surface area contributed by atoms with Gasteiger partial charge in [-0.15, -0.1) is 0 Å². The van der Waals surface area contributed by atoms with Crippen LogP contribution in [0.4, 0.5) is 4.79 Å². The Labute approximate surface area is 344 Å². The van der Waals surface area contributed by atoms with E-state index in [-0.39, 0.29) is 36.5 Å².